The van der Waals surface area contributed by atoms with Crippen LogP contribution in [-0.2, 0) is 33.3 Å². The van der Waals surface area contributed by atoms with Gasteiger partial charge in [0.1, 0.15) is 18.3 Å². The number of hydrogen-bond donors (Lipinski definition) is 0. The fourth-order valence-electron chi connectivity index (χ4n) is 4.88. The van der Waals surface area contributed by atoms with Crippen LogP contribution in [0.15, 0.2) is 24.3 Å². The van der Waals surface area contributed by atoms with Crippen LogP contribution in [0.2, 0.25) is 0 Å². The summed E-state index contributed by atoms with van der Waals surface area (Å²) in [5.41, 5.74) is 0.912. The van der Waals surface area contributed by atoms with Crippen LogP contribution in [0.25, 0.3) is 0 Å². The van der Waals surface area contributed by atoms with Gasteiger partial charge in [-0.1, -0.05) is 20.1 Å². The fraction of sp³-hybridized carbons (Fsp3) is 0.708. The molecular weight excluding hydrogens is 400 g/mol. The molecule has 0 aromatic heterocycles. The second-order valence-electron chi connectivity index (χ2n) is 9.40. The van der Waals surface area contributed by atoms with Gasteiger partial charge in [0, 0.05) is 25.3 Å². The molecule has 2 heterocycles. The number of fused-ring (bicyclic) bond motifs is 2. The van der Waals surface area contributed by atoms with Crippen LogP contribution < -0.4 is 0 Å². The van der Waals surface area contributed by atoms with Gasteiger partial charge in [-0.05, 0) is 56.9 Å². The lowest BCUT2D eigenvalue weighted by atomic mass is 9.81. The predicted molar refractivity (Wildman–Crippen MR) is 113 cm³/mol. The lowest BCUT2D eigenvalue weighted by molar-refractivity contribution is -0.165. The number of esters is 3. The average molecular weight is 435 g/mol. The summed E-state index contributed by atoms with van der Waals surface area (Å²) >= 11 is 0. The first-order valence-electron chi connectivity index (χ1n) is 11.1. The number of epoxide rings is 1. The van der Waals surface area contributed by atoms with Crippen molar-refractivity contribution in [2.24, 2.45) is 11.8 Å². The van der Waals surface area contributed by atoms with Crippen molar-refractivity contribution >= 4 is 17.9 Å². The average Bonchev–Trinajstić information content (AvgIpc) is 3.24. The van der Waals surface area contributed by atoms with E-state index in [0.717, 1.165) is 18.4 Å². The Kier molecular flexibility index (Phi) is 6.94. The zero-order valence-electron chi connectivity index (χ0n) is 19.0. The van der Waals surface area contributed by atoms with E-state index in [1.165, 1.54) is 13.8 Å². The van der Waals surface area contributed by atoms with Gasteiger partial charge in [0.15, 0.2) is 0 Å². The number of rotatable bonds is 2. The minimum atomic E-state index is -0.563. The van der Waals surface area contributed by atoms with E-state index in [2.05, 4.69) is 13.2 Å². The van der Waals surface area contributed by atoms with Crippen LogP contribution in [0.5, 0.6) is 0 Å². The minimum absolute atomic E-state index is 0.0375. The molecule has 2 aliphatic heterocycles. The molecule has 31 heavy (non-hydrogen) atoms. The van der Waals surface area contributed by atoms with Crippen molar-refractivity contribution in [2.45, 2.75) is 96.2 Å². The Labute approximate surface area is 184 Å². The molecule has 7 nitrogen and oxygen atoms in total. The molecule has 0 amide bonds. The summed E-state index contributed by atoms with van der Waals surface area (Å²) in [5.74, 6) is -1.47. The van der Waals surface area contributed by atoms with Crippen LogP contribution in [0.4, 0.5) is 0 Å². The first kappa shape index (κ1) is 23.5. The minimum Gasteiger partial charge on any atom is -0.458 e. The van der Waals surface area contributed by atoms with Crippen molar-refractivity contribution in [1.82, 2.24) is 0 Å². The summed E-state index contributed by atoms with van der Waals surface area (Å²) in [7, 11) is 0. The van der Waals surface area contributed by atoms with Crippen LogP contribution in [0.1, 0.15) is 66.2 Å². The molecule has 0 unspecified atom stereocenters. The maximum atomic E-state index is 12.3. The highest BCUT2D eigenvalue weighted by molar-refractivity contribution is 5.91. The molecule has 0 aromatic rings. The normalized spacial score (nSPS) is 38.9. The van der Waals surface area contributed by atoms with Gasteiger partial charge in [-0.25, -0.2) is 4.79 Å². The monoisotopic (exact) mass is 434 g/mol. The smallest absolute Gasteiger partial charge is 0.334 e. The third-order valence-corrected chi connectivity index (χ3v) is 6.86. The highest BCUT2D eigenvalue weighted by Crippen LogP contribution is 2.48. The van der Waals surface area contributed by atoms with Gasteiger partial charge in [0.2, 0.25) is 0 Å². The molecule has 7 atom stereocenters. The van der Waals surface area contributed by atoms with Gasteiger partial charge >= 0.3 is 17.9 Å². The Hall–Kier alpha value is -2.15. The summed E-state index contributed by atoms with van der Waals surface area (Å²) in [6.07, 6.45) is 2.59. The number of ether oxygens (including phenoxy) is 4. The molecule has 0 spiro atoms. The highest BCUT2D eigenvalue weighted by Gasteiger charge is 2.56. The molecule has 0 radical (unpaired) electrons. The van der Waals surface area contributed by atoms with E-state index in [1.54, 1.807) is 0 Å². The maximum absolute atomic E-state index is 12.3. The molecule has 2 saturated heterocycles. The molecule has 0 aromatic carbocycles. The molecular formula is C24H34O7. The Morgan fingerprint density at radius 1 is 1.13 bits per heavy atom. The lowest BCUT2D eigenvalue weighted by Gasteiger charge is -2.31. The largest absolute Gasteiger partial charge is 0.458 e. The number of carbonyl (C=O) groups is 3. The number of carbonyl (C=O) groups excluding carboxylic acids is 3. The molecule has 3 rings (SSSR count). The molecule has 172 valence electrons. The van der Waals surface area contributed by atoms with Gasteiger partial charge in [-0.3, -0.25) is 9.59 Å². The maximum Gasteiger partial charge on any atom is 0.334 e. The van der Waals surface area contributed by atoms with E-state index >= 15 is 0 Å². The quantitative estimate of drug-likeness (QED) is 0.215. The third kappa shape index (κ3) is 5.37. The summed E-state index contributed by atoms with van der Waals surface area (Å²) in [6.45, 7) is 14.9. The Morgan fingerprint density at radius 3 is 2.45 bits per heavy atom. The van der Waals surface area contributed by atoms with Crippen molar-refractivity contribution in [3.63, 3.8) is 0 Å². The van der Waals surface area contributed by atoms with Gasteiger partial charge in [-0.15, -0.1) is 0 Å². The summed E-state index contributed by atoms with van der Waals surface area (Å²) in [6, 6.07) is 0. The highest BCUT2D eigenvalue weighted by atomic mass is 16.6. The third-order valence-electron chi connectivity index (χ3n) is 6.86. The van der Waals surface area contributed by atoms with E-state index in [-0.39, 0.29) is 35.6 Å². The van der Waals surface area contributed by atoms with Crippen molar-refractivity contribution in [1.29, 1.82) is 0 Å². The van der Waals surface area contributed by atoms with Gasteiger partial charge < -0.3 is 18.9 Å². The first-order valence-corrected chi connectivity index (χ1v) is 11.1. The van der Waals surface area contributed by atoms with E-state index in [1.807, 2.05) is 13.8 Å². The van der Waals surface area contributed by atoms with Crippen LogP contribution >= 0.6 is 0 Å². The lowest BCUT2D eigenvalue weighted by Crippen LogP contribution is -2.40. The Bertz CT molecular complexity index is 772. The summed E-state index contributed by atoms with van der Waals surface area (Å²) in [5, 5.41) is 0. The van der Waals surface area contributed by atoms with Crippen LogP contribution in [-0.4, -0.2) is 47.9 Å². The molecule has 7 heteroatoms. The molecule has 3 fully saturated rings. The first-order chi connectivity index (χ1) is 14.5. The molecule has 3 aliphatic rings. The summed E-state index contributed by atoms with van der Waals surface area (Å²) in [4.78, 5) is 35.8. The number of hydrogen-bond acceptors (Lipinski definition) is 7. The SMILES string of the molecule is C=C1CCC[C@H](C)[C@@H](OC(C)=O)[C@@H]2OC(=O)C(=C)[C@@H]2C[C@H]2O[C@]2(C)CC[C@@H]1OC(C)=O. The van der Waals surface area contributed by atoms with Crippen molar-refractivity contribution < 1.29 is 33.3 Å². The zero-order chi connectivity index (χ0) is 22.9. The van der Waals surface area contributed by atoms with E-state index in [0.29, 0.717) is 31.3 Å². The Morgan fingerprint density at radius 2 is 1.81 bits per heavy atom. The molecule has 0 N–H and O–H groups in total. The molecule has 1 aliphatic carbocycles. The van der Waals surface area contributed by atoms with Gasteiger partial charge in [0.25, 0.3) is 0 Å². The standard InChI is InChI=1S/C24H34O7/c1-13-8-7-9-14(2)21(29-17(5)26)22-18(15(3)23(27)30-22)12-20-24(6,31-20)11-10-19(13)28-16(4)25/h14,18-22H,1,3,7-12H2,2,4-6H3/t14-,18-,19-,20+,21+,22+,24+/m0/s1. The molecule has 0 bridgehead atoms. The van der Waals surface area contributed by atoms with Crippen molar-refractivity contribution in [3.05, 3.63) is 24.3 Å². The molecule has 1 saturated carbocycles. The fourth-order valence-corrected chi connectivity index (χ4v) is 4.88. The topological polar surface area (TPSA) is 91.4 Å². The Balaban J connectivity index is 1.86. The van der Waals surface area contributed by atoms with Crippen molar-refractivity contribution in [2.75, 3.05) is 0 Å². The van der Waals surface area contributed by atoms with Gasteiger partial charge in [0.05, 0.1) is 11.7 Å². The second-order valence-corrected chi connectivity index (χ2v) is 9.40. The van der Waals surface area contributed by atoms with Crippen LogP contribution in [0, 0.1) is 11.8 Å². The van der Waals surface area contributed by atoms with Crippen LogP contribution in [0.3, 0.4) is 0 Å². The van der Waals surface area contributed by atoms with E-state index in [4.69, 9.17) is 18.9 Å². The zero-order valence-corrected chi connectivity index (χ0v) is 19.0. The second kappa shape index (κ2) is 9.15. The van der Waals surface area contributed by atoms with E-state index < -0.39 is 24.1 Å². The van der Waals surface area contributed by atoms with E-state index in [9.17, 15) is 14.4 Å². The van der Waals surface area contributed by atoms with Crippen molar-refractivity contribution in [3.8, 4) is 0 Å². The summed E-state index contributed by atoms with van der Waals surface area (Å²) < 4.78 is 22.9. The predicted octanol–water partition coefficient (Wildman–Crippen LogP) is 3.65. The van der Waals surface area contributed by atoms with Gasteiger partial charge in [-0.2, -0.15) is 0 Å².